The van der Waals surface area contributed by atoms with E-state index in [0.717, 1.165) is 11.1 Å². The molecule has 0 aromatic heterocycles. The predicted molar refractivity (Wildman–Crippen MR) is 128 cm³/mol. The number of amides is 1. The van der Waals surface area contributed by atoms with Gasteiger partial charge in [-0.25, -0.2) is 13.1 Å². The molecule has 0 heterocycles. The van der Waals surface area contributed by atoms with Crippen LogP contribution < -0.4 is 4.72 Å². The molecule has 176 valence electrons. The van der Waals surface area contributed by atoms with Gasteiger partial charge in [0.15, 0.2) is 0 Å². The number of carbonyl (C=O) groups is 1. The first-order valence-electron chi connectivity index (χ1n) is 11.0. The highest BCUT2D eigenvalue weighted by Gasteiger charge is 2.31. The van der Waals surface area contributed by atoms with Crippen molar-refractivity contribution in [1.29, 1.82) is 0 Å². The summed E-state index contributed by atoms with van der Waals surface area (Å²) < 4.78 is 28.5. The predicted octanol–water partition coefficient (Wildman–Crippen LogP) is 3.90. The van der Waals surface area contributed by atoms with Gasteiger partial charge in [0.25, 0.3) is 0 Å². The molecule has 32 heavy (non-hydrogen) atoms. The van der Waals surface area contributed by atoms with Gasteiger partial charge in [0.1, 0.15) is 0 Å². The molecular weight excluding hydrogens is 424 g/mol. The lowest BCUT2D eigenvalue weighted by molar-refractivity contribution is -0.138. The molecule has 2 rings (SSSR count). The maximum atomic E-state index is 13.1. The average molecular weight is 461 g/mol. The summed E-state index contributed by atoms with van der Waals surface area (Å²) >= 11 is 0. The lowest BCUT2D eigenvalue weighted by Crippen LogP contribution is -2.45. The van der Waals surface area contributed by atoms with Gasteiger partial charge in [0, 0.05) is 19.0 Å². The van der Waals surface area contributed by atoms with Crippen molar-refractivity contribution >= 4 is 15.9 Å². The van der Waals surface area contributed by atoms with Crippen molar-refractivity contribution < 1.29 is 18.3 Å². The summed E-state index contributed by atoms with van der Waals surface area (Å²) in [6.07, 6.45) is -0.446. The number of aliphatic hydroxyl groups is 1. The Hall–Kier alpha value is -2.22. The van der Waals surface area contributed by atoms with Crippen molar-refractivity contribution in [3.8, 4) is 0 Å². The summed E-state index contributed by atoms with van der Waals surface area (Å²) in [7, 11) is -2.02. The van der Waals surface area contributed by atoms with E-state index in [9.17, 15) is 18.3 Å². The molecule has 4 atom stereocenters. The van der Waals surface area contributed by atoms with Crippen LogP contribution in [0.5, 0.6) is 0 Å². The number of sulfonamides is 1. The van der Waals surface area contributed by atoms with Crippen LogP contribution in [0.25, 0.3) is 0 Å². The standard InChI is InChI=1S/C25H36N2O4S/c1-17(2)23(26-32(30,31)22-14-12-18(3)13-15-22)16-19(4)25(29)27(6)20(5)24(28)21-10-8-7-9-11-21/h7-15,17,19-20,23-24,26,28H,16H2,1-6H3/t19-,20-,23-,24+/m0/s1. The molecule has 0 aliphatic rings. The molecule has 0 spiro atoms. The molecule has 2 aromatic rings. The van der Waals surface area contributed by atoms with E-state index in [1.807, 2.05) is 58.0 Å². The monoisotopic (exact) mass is 460 g/mol. The first-order valence-corrected chi connectivity index (χ1v) is 12.5. The van der Waals surface area contributed by atoms with Gasteiger partial charge < -0.3 is 10.0 Å². The van der Waals surface area contributed by atoms with Crippen LogP contribution in [0.4, 0.5) is 0 Å². The zero-order valence-electron chi connectivity index (χ0n) is 19.8. The van der Waals surface area contributed by atoms with E-state index in [4.69, 9.17) is 0 Å². The summed E-state index contributed by atoms with van der Waals surface area (Å²) in [6.45, 7) is 9.38. The molecule has 2 aromatic carbocycles. The minimum Gasteiger partial charge on any atom is -0.386 e. The Morgan fingerprint density at radius 2 is 1.56 bits per heavy atom. The van der Waals surface area contributed by atoms with Crippen LogP contribution >= 0.6 is 0 Å². The molecular formula is C25H36N2O4S. The van der Waals surface area contributed by atoms with Crippen molar-refractivity contribution in [2.75, 3.05) is 7.05 Å². The average Bonchev–Trinajstić information content (AvgIpc) is 2.77. The summed E-state index contributed by atoms with van der Waals surface area (Å²) in [6, 6.07) is 15.1. The van der Waals surface area contributed by atoms with Crippen LogP contribution in [0.3, 0.4) is 0 Å². The Labute approximate surface area is 192 Å². The van der Waals surface area contributed by atoms with E-state index >= 15 is 0 Å². The van der Waals surface area contributed by atoms with Gasteiger partial charge in [-0.1, -0.05) is 68.8 Å². The number of aryl methyl sites for hydroxylation is 1. The third-order valence-electron chi connectivity index (χ3n) is 6.03. The lowest BCUT2D eigenvalue weighted by atomic mass is 9.93. The van der Waals surface area contributed by atoms with E-state index in [2.05, 4.69) is 4.72 Å². The van der Waals surface area contributed by atoms with E-state index in [0.29, 0.717) is 6.42 Å². The van der Waals surface area contributed by atoms with Gasteiger partial charge in [-0.2, -0.15) is 0 Å². The highest BCUT2D eigenvalue weighted by molar-refractivity contribution is 7.89. The van der Waals surface area contributed by atoms with E-state index in [1.165, 1.54) is 0 Å². The van der Waals surface area contributed by atoms with Crippen LogP contribution in [-0.2, 0) is 14.8 Å². The Morgan fingerprint density at radius 1 is 1.00 bits per heavy atom. The number of nitrogens with zero attached hydrogens (tertiary/aromatic N) is 1. The van der Waals surface area contributed by atoms with Crippen LogP contribution in [-0.4, -0.2) is 43.5 Å². The second-order valence-corrected chi connectivity index (χ2v) is 10.7. The number of likely N-dealkylation sites (N-methyl/N-ethyl adjacent to an activating group) is 1. The van der Waals surface area contributed by atoms with Gasteiger partial charge in [-0.3, -0.25) is 4.79 Å². The molecule has 0 radical (unpaired) electrons. The van der Waals surface area contributed by atoms with Crippen LogP contribution in [0.2, 0.25) is 0 Å². The quantitative estimate of drug-likeness (QED) is 0.563. The van der Waals surface area contributed by atoms with Gasteiger partial charge in [0.05, 0.1) is 17.0 Å². The van der Waals surface area contributed by atoms with E-state index in [1.54, 1.807) is 43.1 Å². The van der Waals surface area contributed by atoms with Crippen molar-refractivity contribution in [2.24, 2.45) is 11.8 Å². The summed E-state index contributed by atoms with van der Waals surface area (Å²) in [4.78, 5) is 14.9. The Morgan fingerprint density at radius 3 is 2.09 bits per heavy atom. The Kier molecular flexibility index (Phi) is 9.01. The topological polar surface area (TPSA) is 86.7 Å². The number of hydrogen-bond donors (Lipinski definition) is 2. The van der Waals surface area contributed by atoms with Gasteiger partial charge >= 0.3 is 0 Å². The highest BCUT2D eigenvalue weighted by atomic mass is 32.2. The van der Waals surface area contributed by atoms with Crippen molar-refractivity contribution in [3.05, 3.63) is 65.7 Å². The minimum atomic E-state index is -3.69. The fraction of sp³-hybridized carbons (Fsp3) is 0.480. The maximum Gasteiger partial charge on any atom is 0.240 e. The molecule has 0 saturated carbocycles. The number of aliphatic hydroxyl groups excluding tert-OH is 1. The van der Waals surface area contributed by atoms with Gasteiger partial charge in [-0.15, -0.1) is 0 Å². The maximum absolute atomic E-state index is 13.1. The van der Waals surface area contributed by atoms with Crippen molar-refractivity contribution in [1.82, 2.24) is 9.62 Å². The summed E-state index contributed by atoms with van der Waals surface area (Å²) in [5, 5.41) is 10.7. The largest absolute Gasteiger partial charge is 0.386 e. The molecule has 6 nitrogen and oxygen atoms in total. The fourth-order valence-corrected chi connectivity index (χ4v) is 5.01. The third kappa shape index (κ3) is 6.64. The highest BCUT2D eigenvalue weighted by Crippen LogP contribution is 2.23. The molecule has 0 bridgehead atoms. The normalized spacial score (nSPS) is 15.8. The number of hydrogen-bond acceptors (Lipinski definition) is 4. The molecule has 2 N–H and O–H groups in total. The van der Waals surface area contributed by atoms with Crippen LogP contribution in [0.15, 0.2) is 59.5 Å². The first kappa shape index (κ1) is 26.0. The second-order valence-electron chi connectivity index (χ2n) is 8.97. The minimum absolute atomic E-state index is 0.00288. The lowest BCUT2D eigenvalue weighted by Gasteiger charge is -2.33. The van der Waals surface area contributed by atoms with Crippen LogP contribution in [0.1, 0.15) is 51.3 Å². The molecule has 0 unspecified atom stereocenters. The molecule has 0 saturated heterocycles. The third-order valence-corrected chi connectivity index (χ3v) is 7.53. The zero-order chi connectivity index (χ0) is 24.1. The second kappa shape index (κ2) is 11.1. The first-order chi connectivity index (χ1) is 14.9. The van der Waals surface area contributed by atoms with Crippen molar-refractivity contribution in [2.45, 2.75) is 64.1 Å². The Bertz CT molecular complexity index is 975. The zero-order valence-corrected chi connectivity index (χ0v) is 20.6. The number of carbonyl (C=O) groups excluding carboxylic acids is 1. The number of nitrogens with one attached hydrogen (secondary N) is 1. The molecule has 0 fully saturated rings. The molecule has 0 aliphatic carbocycles. The fourth-order valence-electron chi connectivity index (χ4n) is 3.61. The number of rotatable bonds is 10. The van der Waals surface area contributed by atoms with E-state index < -0.39 is 34.1 Å². The molecule has 0 aliphatic heterocycles. The van der Waals surface area contributed by atoms with E-state index in [-0.39, 0.29) is 16.7 Å². The van der Waals surface area contributed by atoms with Crippen molar-refractivity contribution in [3.63, 3.8) is 0 Å². The Balaban J connectivity index is 2.08. The summed E-state index contributed by atoms with van der Waals surface area (Å²) in [5.41, 5.74) is 1.73. The molecule has 7 heteroatoms. The van der Waals surface area contributed by atoms with Gasteiger partial charge in [0.2, 0.25) is 15.9 Å². The molecule has 1 amide bonds. The smallest absolute Gasteiger partial charge is 0.240 e. The van der Waals surface area contributed by atoms with Gasteiger partial charge in [-0.05, 0) is 43.9 Å². The number of benzene rings is 2. The van der Waals surface area contributed by atoms with Crippen LogP contribution in [0, 0.1) is 18.8 Å². The SMILES string of the molecule is Cc1ccc(S(=O)(=O)N[C@@H](C[C@H](C)C(=O)N(C)[C@@H](C)[C@@H](O)c2ccccc2)C(C)C)cc1. The summed E-state index contributed by atoms with van der Waals surface area (Å²) in [5.74, 6) is -0.547.